The summed E-state index contributed by atoms with van der Waals surface area (Å²) < 4.78 is 0. The third-order valence-electron chi connectivity index (χ3n) is 3.73. The van der Waals surface area contributed by atoms with Crippen LogP contribution in [0.1, 0.15) is 27.4 Å². The molecule has 0 aliphatic rings. The van der Waals surface area contributed by atoms with E-state index in [2.05, 4.69) is 55.0 Å². The molecule has 0 amide bonds. The zero-order valence-electron chi connectivity index (χ0n) is 12.7. The molecule has 0 atom stereocenters. The highest BCUT2D eigenvalue weighted by atomic mass is 32.2. The maximum Gasteiger partial charge on any atom is 0.128 e. The van der Waals surface area contributed by atoms with Gasteiger partial charge < -0.3 is 0 Å². The van der Waals surface area contributed by atoms with E-state index in [1.165, 1.54) is 27.0 Å². The molecule has 2 heterocycles. The third kappa shape index (κ3) is 2.83. The van der Waals surface area contributed by atoms with Crippen LogP contribution in [-0.2, 0) is 5.75 Å². The van der Waals surface area contributed by atoms with Crippen LogP contribution in [0.5, 0.6) is 0 Å². The van der Waals surface area contributed by atoms with Gasteiger partial charge in [0.25, 0.3) is 0 Å². The lowest BCUT2D eigenvalue weighted by molar-refractivity contribution is 1.01. The van der Waals surface area contributed by atoms with Crippen molar-refractivity contribution in [1.82, 2.24) is 9.97 Å². The zero-order valence-corrected chi connectivity index (χ0v) is 14.4. The van der Waals surface area contributed by atoms with Crippen LogP contribution in [0, 0.1) is 27.7 Å². The topological polar surface area (TPSA) is 25.8 Å². The Morgan fingerprint density at radius 2 is 1.81 bits per heavy atom. The van der Waals surface area contributed by atoms with Crippen molar-refractivity contribution in [2.24, 2.45) is 0 Å². The molecule has 21 heavy (non-hydrogen) atoms. The highest BCUT2D eigenvalue weighted by molar-refractivity contribution is 7.98. The van der Waals surface area contributed by atoms with Gasteiger partial charge in [0.05, 0.1) is 0 Å². The first-order chi connectivity index (χ1) is 10.1. The maximum atomic E-state index is 4.68. The van der Waals surface area contributed by atoms with Crippen LogP contribution in [0.4, 0.5) is 0 Å². The summed E-state index contributed by atoms with van der Waals surface area (Å²) in [6.45, 7) is 8.47. The van der Waals surface area contributed by atoms with Crippen molar-refractivity contribution in [3.63, 3.8) is 0 Å². The predicted molar refractivity (Wildman–Crippen MR) is 92.4 cm³/mol. The lowest BCUT2D eigenvalue weighted by atomic mass is 10.1. The molecule has 2 nitrogen and oxygen atoms in total. The third-order valence-corrected chi connectivity index (χ3v) is 5.86. The standard InChI is InChI=1S/C17H18N2S2/c1-10-7-5-6-8-14(10)9-20-16-15-11(2)12(3)21-17(15)19-13(4)18-16/h5-8H,9H2,1-4H3. The summed E-state index contributed by atoms with van der Waals surface area (Å²) in [5, 5.41) is 2.35. The van der Waals surface area contributed by atoms with Crippen LogP contribution in [0.25, 0.3) is 10.2 Å². The van der Waals surface area contributed by atoms with Gasteiger partial charge in [-0.25, -0.2) is 9.97 Å². The quantitative estimate of drug-likeness (QED) is 0.490. The molecule has 0 aliphatic heterocycles. The molecule has 4 heteroatoms. The lowest BCUT2D eigenvalue weighted by Crippen LogP contribution is -1.93. The number of nitrogens with zero attached hydrogens (tertiary/aromatic N) is 2. The molecular formula is C17H18N2S2. The Balaban J connectivity index is 1.99. The summed E-state index contributed by atoms with van der Waals surface area (Å²) in [4.78, 5) is 11.7. The van der Waals surface area contributed by atoms with Crippen LogP contribution in [0.15, 0.2) is 29.3 Å². The van der Waals surface area contributed by atoms with Gasteiger partial charge in [-0.05, 0) is 44.4 Å². The molecule has 0 unspecified atom stereocenters. The minimum absolute atomic E-state index is 0.857. The van der Waals surface area contributed by atoms with Crippen LogP contribution in [-0.4, -0.2) is 9.97 Å². The molecule has 0 aliphatic carbocycles. The number of aromatic nitrogens is 2. The zero-order chi connectivity index (χ0) is 15.0. The second-order valence-corrected chi connectivity index (χ2v) is 7.42. The van der Waals surface area contributed by atoms with Crippen molar-refractivity contribution in [3.8, 4) is 0 Å². The number of thioether (sulfide) groups is 1. The smallest absolute Gasteiger partial charge is 0.128 e. The molecular weight excluding hydrogens is 296 g/mol. The van der Waals surface area contributed by atoms with Crippen molar-refractivity contribution in [1.29, 1.82) is 0 Å². The molecule has 0 saturated carbocycles. The number of thiophene rings is 1. The summed E-state index contributed by atoms with van der Waals surface area (Å²) in [7, 11) is 0. The van der Waals surface area contributed by atoms with E-state index in [0.29, 0.717) is 0 Å². The van der Waals surface area contributed by atoms with Gasteiger partial charge in [0.15, 0.2) is 0 Å². The summed E-state index contributed by atoms with van der Waals surface area (Å²) in [6, 6.07) is 8.54. The Hall–Kier alpha value is -1.39. The maximum absolute atomic E-state index is 4.68. The molecule has 0 fully saturated rings. The largest absolute Gasteiger partial charge is 0.226 e. The van der Waals surface area contributed by atoms with Gasteiger partial charge in [-0.1, -0.05) is 24.3 Å². The summed E-state index contributed by atoms with van der Waals surface area (Å²) in [6.07, 6.45) is 0. The fourth-order valence-corrected chi connectivity index (χ4v) is 4.68. The van der Waals surface area contributed by atoms with Crippen molar-refractivity contribution >= 4 is 33.3 Å². The lowest BCUT2D eigenvalue weighted by Gasteiger charge is -2.07. The number of benzene rings is 1. The van der Waals surface area contributed by atoms with Crippen LogP contribution in [0.3, 0.4) is 0 Å². The van der Waals surface area contributed by atoms with Gasteiger partial charge in [0.1, 0.15) is 15.7 Å². The number of aryl methyl sites for hydroxylation is 4. The summed E-state index contributed by atoms with van der Waals surface area (Å²) >= 11 is 3.58. The van der Waals surface area contributed by atoms with Gasteiger partial charge in [-0.15, -0.1) is 23.1 Å². The highest BCUT2D eigenvalue weighted by Crippen LogP contribution is 2.36. The molecule has 0 saturated heterocycles. The fraction of sp³-hybridized carbons (Fsp3) is 0.294. The minimum atomic E-state index is 0.857. The Morgan fingerprint density at radius 1 is 1.05 bits per heavy atom. The molecule has 0 N–H and O–H groups in total. The second kappa shape index (κ2) is 5.78. The number of fused-ring (bicyclic) bond motifs is 1. The predicted octanol–water partition coefficient (Wildman–Crippen LogP) is 5.22. The number of hydrogen-bond donors (Lipinski definition) is 0. The van der Waals surface area contributed by atoms with Gasteiger partial charge >= 0.3 is 0 Å². The molecule has 0 radical (unpaired) electrons. The Bertz CT molecular complexity index is 806. The second-order valence-electron chi connectivity index (χ2n) is 5.25. The van der Waals surface area contributed by atoms with E-state index in [-0.39, 0.29) is 0 Å². The highest BCUT2D eigenvalue weighted by Gasteiger charge is 2.14. The fourth-order valence-electron chi connectivity index (χ4n) is 2.34. The van der Waals surface area contributed by atoms with E-state index >= 15 is 0 Å². The number of hydrogen-bond acceptors (Lipinski definition) is 4. The van der Waals surface area contributed by atoms with Crippen molar-refractivity contribution in [3.05, 3.63) is 51.7 Å². The van der Waals surface area contributed by atoms with E-state index in [4.69, 9.17) is 0 Å². The molecule has 2 aromatic heterocycles. The van der Waals surface area contributed by atoms with Gasteiger partial charge in [0.2, 0.25) is 0 Å². The summed E-state index contributed by atoms with van der Waals surface area (Å²) in [5.74, 6) is 1.81. The summed E-state index contributed by atoms with van der Waals surface area (Å²) in [5.41, 5.74) is 4.03. The van der Waals surface area contributed by atoms with Crippen molar-refractivity contribution in [2.75, 3.05) is 0 Å². The van der Waals surface area contributed by atoms with Gasteiger partial charge in [-0.2, -0.15) is 0 Å². The van der Waals surface area contributed by atoms with Crippen LogP contribution in [0.2, 0.25) is 0 Å². The average molecular weight is 314 g/mol. The van der Waals surface area contributed by atoms with E-state index in [0.717, 1.165) is 21.4 Å². The number of rotatable bonds is 3. The van der Waals surface area contributed by atoms with Gasteiger partial charge in [0, 0.05) is 16.0 Å². The van der Waals surface area contributed by atoms with Crippen molar-refractivity contribution in [2.45, 2.75) is 38.5 Å². The average Bonchev–Trinajstić information content (AvgIpc) is 2.72. The molecule has 0 spiro atoms. The Kier molecular flexibility index (Phi) is 4.00. The molecule has 108 valence electrons. The first-order valence-electron chi connectivity index (χ1n) is 6.98. The Morgan fingerprint density at radius 3 is 2.57 bits per heavy atom. The minimum Gasteiger partial charge on any atom is -0.226 e. The first-order valence-corrected chi connectivity index (χ1v) is 8.78. The molecule has 0 bridgehead atoms. The van der Waals surface area contributed by atoms with Crippen LogP contribution < -0.4 is 0 Å². The monoisotopic (exact) mass is 314 g/mol. The van der Waals surface area contributed by atoms with E-state index < -0.39 is 0 Å². The van der Waals surface area contributed by atoms with E-state index in [1.807, 2.05) is 18.7 Å². The SMILES string of the molecule is Cc1nc(SCc2ccccc2C)c2c(C)c(C)sc2n1. The Labute approximate surface area is 133 Å². The normalized spacial score (nSPS) is 11.2. The molecule has 3 rings (SSSR count). The van der Waals surface area contributed by atoms with E-state index in [9.17, 15) is 0 Å². The van der Waals surface area contributed by atoms with Gasteiger partial charge in [-0.3, -0.25) is 0 Å². The van der Waals surface area contributed by atoms with Crippen molar-refractivity contribution < 1.29 is 0 Å². The molecule has 3 aromatic rings. The van der Waals surface area contributed by atoms with Crippen LogP contribution >= 0.6 is 23.1 Å². The first kappa shape index (κ1) is 14.5. The van der Waals surface area contributed by atoms with E-state index in [1.54, 1.807) is 11.3 Å². The molecule has 1 aromatic carbocycles.